The van der Waals surface area contributed by atoms with Gasteiger partial charge in [-0.25, -0.2) is 13.4 Å². The summed E-state index contributed by atoms with van der Waals surface area (Å²) in [5.41, 5.74) is 2.04. The van der Waals surface area contributed by atoms with Crippen molar-refractivity contribution in [3.05, 3.63) is 71.7 Å². The summed E-state index contributed by atoms with van der Waals surface area (Å²) in [5.74, 6) is 0.0890. The van der Waals surface area contributed by atoms with Gasteiger partial charge in [0.25, 0.3) is 10.0 Å². The first kappa shape index (κ1) is 23.9. The molecule has 1 aromatic heterocycles. The van der Waals surface area contributed by atoms with Gasteiger partial charge in [0.1, 0.15) is 0 Å². The van der Waals surface area contributed by atoms with Gasteiger partial charge >= 0.3 is 0 Å². The highest BCUT2D eigenvalue weighted by molar-refractivity contribution is 7.93. The van der Waals surface area contributed by atoms with Crippen molar-refractivity contribution < 1.29 is 17.5 Å². The summed E-state index contributed by atoms with van der Waals surface area (Å²) in [5, 5.41) is 2.03. The molecule has 190 valence electrons. The number of rotatable bonds is 7. The molecule has 2 atom stereocenters. The molecule has 2 aliphatic heterocycles. The van der Waals surface area contributed by atoms with Gasteiger partial charge in [-0.2, -0.15) is 0 Å². The van der Waals surface area contributed by atoms with E-state index in [2.05, 4.69) is 50.7 Å². The molecule has 3 aromatic rings. The van der Waals surface area contributed by atoms with E-state index in [1.54, 1.807) is 28.6 Å². The number of nitrogens with one attached hydrogen (secondary N) is 1. The Hall–Kier alpha value is -2.79. The minimum absolute atomic E-state index is 0. The summed E-state index contributed by atoms with van der Waals surface area (Å²) in [6, 6.07) is 17.2. The highest BCUT2D eigenvalue weighted by Gasteiger charge is 2.38. The van der Waals surface area contributed by atoms with Crippen LogP contribution in [-0.4, -0.2) is 67.9 Å². The van der Waals surface area contributed by atoms with E-state index < -0.39 is 10.0 Å². The third-order valence-electron chi connectivity index (χ3n) is 6.91. The van der Waals surface area contributed by atoms with Crippen LogP contribution in [0.15, 0.2) is 71.1 Å². The average Bonchev–Trinajstić information content (AvgIpc) is 3.53. The Kier molecular flexibility index (Phi) is 6.88. The third-order valence-corrected chi connectivity index (χ3v) is 9.08. The fourth-order valence-electron chi connectivity index (χ4n) is 4.89. The minimum atomic E-state index is -3.72. The van der Waals surface area contributed by atoms with Crippen LogP contribution in [0.2, 0.25) is 0 Å². The molecule has 0 unspecified atom stereocenters. The number of hydrogen-bond acceptors (Lipinski definition) is 7. The number of carbonyl (C=O) groups is 1. The van der Waals surface area contributed by atoms with Crippen LogP contribution in [0.1, 0.15) is 29.2 Å². The van der Waals surface area contributed by atoms with Crippen LogP contribution < -0.4 is 9.62 Å². The predicted octanol–water partition coefficient (Wildman–Crippen LogP) is 4.17. The summed E-state index contributed by atoms with van der Waals surface area (Å²) in [6.45, 7) is 6.45. The first-order valence-electron chi connectivity index (χ1n) is 11.8. The number of thiazole rings is 1. The van der Waals surface area contributed by atoms with Gasteiger partial charge in [0.15, 0.2) is 5.13 Å². The lowest BCUT2D eigenvalue weighted by Crippen LogP contribution is -2.52. The van der Waals surface area contributed by atoms with Gasteiger partial charge in [-0.05, 0) is 43.2 Å². The van der Waals surface area contributed by atoms with Gasteiger partial charge in [0, 0.05) is 60.3 Å². The highest BCUT2D eigenvalue weighted by Crippen LogP contribution is 2.28. The van der Waals surface area contributed by atoms with E-state index in [1.165, 1.54) is 29.0 Å². The second-order valence-electron chi connectivity index (χ2n) is 8.89. The van der Waals surface area contributed by atoms with Crippen molar-refractivity contribution in [3.63, 3.8) is 0 Å². The number of nitrogens with zero attached hydrogens (tertiary/aromatic N) is 4. The van der Waals surface area contributed by atoms with Gasteiger partial charge in [-0.15, -0.1) is 11.3 Å². The SMILES string of the molecule is C[C@@H](c1ccccc1)N1CCN([C@H]2CCN(c3ccc(S(=O)(=O)Nc4nccs4)cc3)C2=O)CC1.[HH].[HH].[HH]. The van der Waals surface area contributed by atoms with Crippen molar-refractivity contribution in [2.24, 2.45) is 0 Å². The monoisotopic (exact) mass is 517 g/mol. The Morgan fingerprint density at radius 3 is 2.40 bits per heavy atom. The van der Waals surface area contributed by atoms with E-state index in [0.717, 1.165) is 38.3 Å². The van der Waals surface area contributed by atoms with Crippen molar-refractivity contribution in [1.82, 2.24) is 14.8 Å². The first-order valence-corrected chi connectivity index (χ1v) is 14.2. The topological polar surface area (TPSA) is 85.8 Å². The van der Waals surface area contributed by atoms with Crippen molar-refractivity contribution in [2.45, 2.75) is 30.3 Å². The largest absolute Gasteiger partial charge is 0.311 e. The van der Waals surface area contributed by atoms with Crippen LogP contribution in [0.3, 0.4) is 0 Å². The number of piperazine rings is 1. The lowest BCUT2D eigenvalue weighted by Gasteiger charge is -2.40. The van der Waals surface area contributed by atoms with Gasteiger partial charge in [0.05, 0.1) is 10.9 Å². The van der Waals surface area contributed by atoms with Crippen molar-refractivity contribution in [3.8, 4) is 0 Å². The van der Waals surface area contributed by atoms with E-state index in [1.807, 2.05) is 6.07 Å². The van der Waals surface area contributed by atoms with Crippen molar-refractivity contribution >= 4 is 38.1 Å². The maximum atomic E-state index is 13.3. The summed E-state index contributed by atoms with van der Waals surface area (Å²) >= 11 is 1.22. The predicted molar refractivity (Wildman–Crippen MR) is 144 cm³/mol. The normalized spacial score (nSPS) is 20.8. The second kappa shape index (κ2) is 10.1. The van der Waals surface area contributed by atoms with Gasteiger partial charge < -0.3 is 4.90 Å². The third kappa shape index (κ3) is 5.11. The Labute approximate surface area is 214 Å². The fourth-order valence-corrected chi connectivity index (χ4v) is 6.68. The molecule has 0 spiro atoms. The van der Waals surface area contributed by atoms with Crippen LogP contribution in [0.5, 0.6) is 0 Å². The quantitative estimate of drug-likeness (QED) is 0.506. The van der Waals surface area contributed by atoms with Crippen molar-refractivity contribution in [2.75, 3.05) is 42.3 Å². The molecule has 8 nitrogen and oxygen atoms in total. The molecule has 2 saturated heterocycles. The molecule has 2 fully saturated rings. The molecular weight excluding hydrogens is 482 g/mol. The van der Waals surface area contributed by atoms with Crippen LogP contribution >= 0.6 is 11.3 Å². The Morgan fingerprint density at radius 1 is 1.03 bits per heavy atom. The molecule has 3 heterocycles. The molecule has 35 heavy (non-hydrogen) atoms. The molecule has 0 aliphatic carbocycles. The maximum absolute atomic E-state index is 13.3. The summed E-state index contributed by atoms with van der Waals surface area (Å²) in [7, 11) is -3.72. The molecular formula is C25H35N5O3S2. The number of anilines is 2. The maximum Gasteiger partial charge on any atom is 0.263 e. The molecule has 5 rings (SSSR count). The zero-order chi connectivity index (χ0) is 24.4. The average molecular weight is 518 g/mol. The number of benzene rings is 2. The minimum Gasteiger partial charge on any atom is -0.311 e. The summed E-state index contributed by atoms with van der Waals surface area (Å²) in [6.07, 6.45) is 2.32. The van der Waals surface area contributed by atoms with Crippen LogP contribution in [0.25, 0.3) is 0 Å². The molecule has 10 heteroatoms. The molecule has 1 N–H and O–H groups in total. The van der Waals surface area contributed by atoms with Gasteiger partial charge in [-0.3, -0.25) is 19.3 Å². The highest BCUT2D eigenvalue weighted by atomic mass is 32.2. The second-order valence-corrected chi connectivity index (χ2v) is 11.5. The molecule has 0 radical (unpaired) electrons. The number of aromatic nitrogens is 1. The van der Waals surface area contributed by atoms with E-state index in [-0.39, 0.29) is 21.1 Å². The van der Waals surface area contributed by atoms with Crippen LogP contribution in [-0.2, 0) is 14.8 Å². The lowest BCUT2D eigenvalue weighted by atomic mass is 10.1. The first-order chi connectivity index (χ1) is 16.9. The summed E-state index contributed by atoms with van der Waals surface area (Å²) in [4.78, 5) is 23.9. The molecule has 0 bridgehead atoms. The number of amides is 1. The standard InChI is InChI=1S/C25H29N5O3S2.3H2/c1-19(20-5-3-2-4-6-20)28-14-16-29(17-15-28)23-11-13-30(24(23)31)21-7-9-22(10-8-21)35(32,33)27-25-26-12-18-34-25;;;/h2-10,12,18-19,23H,11,13-17H2,1H3,(H,26,27);3*1H/t19-,23-;;;/m0.../s1. The zero-order valence-electron chi connectivity index (χ0n) is 19.6. The van der Waals surface area contributed by atoms with Crippen LogP contribution in [0, 0.1) is 0 Å². The smallest absolute Gasteiger partial charge is 0.263 e. The van der Waals surface area contributed by atoms with Gasteiger partial charge in [0.2, 0.25) is 5.91 Å². The van der Waals surface area contributed by atoms with E-state index in [9.17, 15) is 13.2 Å². The Morgan fingerprint density at radius 2 is 1.74 bits per heavy atom. The number of sulfonamides is 1. The number of hydrogen-bond donors (Lipinski definition) is 1. The van der Waals surface area contributed by atoms with Crippen molar-refractivity contribution in [1.29, 1.82) is 0 Å². The lowest BCUT2D eigenvalue weighted by molar-refractivity contribution is -0.122. The number of carbonyl (C=O) groups excluding carboxylic acids is 1. The van der Waals surface area contributed by atoms with Crippen LogP contribution in [0.4, 0.5) is 10.8 Å². The molecule has 0 saturated carbocycles. The fraction of sp³-hybridized carbons (Fsp3) is 0.360. The Bertz CT molecular complexity index is 1260. The summed E-state index contributed by atoms with van der Waals surface area (Å²) < 4.78 is 27.6. The molecule has 1 amide bonds. The van der Waals surface area contributed by atoms with E-state index >= 15 is 0 Å². The van der Waals surface area contributed by atoms with E-state index in [4.69, 9.17) is 0 Å². The van der Waals surface area contributed by atoms with E-state index in [0.29, 0.717) is 17.7 Å². The zero-order valence-corrected chi connectivity index (χ0v) is 21.2. The Balaban J connectivity index is 0.00000169. The molecule has 2 aromatic carbocycles. The molecule has 2 aliphatic rings. The van der Waals surface area contributed by atoms with Gasteiger partial charge in [-0.1, -0.05) is 30.3 Å².